The van der Waals surface area contributed by atoms with Crippen LogP contribution in [0.5, 0.6) is 0 Å². The summed E-state index contributed by atoms with van der Waals surface area (Å²) < 4.78 is 26.9. The molecule has 1 aromatic rings. The molecule has 0 bridgehead atoms. The van der Waals surface area contributed by atoms with E-state index in [0.29, 0.717) is 17.4 Å². The van der Waals surface area contributed by atoms with E-state index in [1.807, 2.05) is 0 Å². The van der Waals surface area contributed by atoms with Crippen LogP contribution in [0.25, 0.3) is 0 Å². The topological polar surface area (TPSA) is 72.2 Å². The third-order valence-electron chi connectivity index (χ3n) is 1.90. The van der Waals surface area contributed by atoms with Gasteiger partial charge < -0.3 is 5.73 Å². The van der Waals surface area contributed by atoms with Crippen LogP contribution in [-0.4, -0.2) is 21.5 Å². The van der Waals surface area contributed by atoms with Crippen LogP contribution in [0.1, 0.15) is 6.42 Å². The Morgan fingerprint density at radius 3 is 2.29 bits per heavy atom. The first-order chi connectivity index (χ1) is 7.88. The lowest BCUT2D eigenvalue weighted by atomic mass is 10.4. The van der Waals surface area contributed by atoms with Crippen molar-refractivity contribution in [2.45, 2.75) is 11.3 Å². The smallest absolute Gasteiger partial charge is 0.243 e. The highest BCUT2D eigenvalue weighted by Crippen LogP contribution is 2.32. The van der Waals surface area contributed by atoms with Crippen molar-refractivity contribution < 1.29 is 8.42 Å². The standard InChI is InChI=1S/C9H11BrCl2N2O2S/c10-6-4-7(11)9(8(12)5-6)17(15,16)14-3-1-2-13/h4-5,14H,1-3,13H2. The minimum atomic E-state index is -3.70. The third-order valence-corrected chi connectivity index (χ3v) is 4.74. The van der Waals surface area contributed by atoms with Gasteiger partial charge in [-0.1, -0.05) is 39.1 Å². The van der Waals surface area contributed by atoms with Gasteiger partial charge in [-0.05, 0) is 25.1 Å². The van der Waals surface area contributed by atoms with Crippen LogP contribution in [0.15, 0.2) is 21.5 Å². The molecule has 0 saturated heterocycles. The first kappa shape index (κ1) is 15.2. The minimum absolute atomic E-state index is 0.0737. The van der Waals surface area contributed by atoms with E-state index in [4.69, 9.17) is 28.9 Å². The molecule has 0 fully saturated rings. The number of nitrogens with one attached hydrogen (secondary N) is 1. The maximum Gasteiger partial charge on any atom is 0.243 e. The van der Waals surface area contributed by atoms with Crippen LogP contribution >= 0.6 is 39.1 Å². The molecule has 0 saturated carbocycles. The zero-order valence-corrected chi connectivity index (χ0v) is 12.6. The van der Waals surface area contributed by atoms with E-state index in [2.05, 4.69) is 20.7 Å². The predicted octanol–water partition coefficient (Wildman–Crippen LogP) is 2.38. The number of hydrogen-bond acceptors (Lipinski definition) is 3. The van der Waals surface area contributed by atoms with E-state index >= 15 is 0 Å². The molecule has 0 unspecified atom stereocenters. The van der Waals surface area contributed by atoms with Crippen molar-refractivity contribution in [3.05, 3.63) is 26.7 Å². The molecule has 0 aliphatic carbocycles. The molecule has 8 heteroatoms. The van der Waals surface area contributed by atoms with Crippen molar-refractivity contribution in [1.29, 1.82) is 0 Å². The highest BCUT2D eigenvalue weighted by Gasteiger charge is 2.21. The monoisotopic (exact) mass is 360 g/mol. The van der Waals surface area contributed by atoms with Crippen molar-refractivity contribution in [2.75, 3.05) is 13.1 Å². The van der Waals surface area contributed by atoms with Crippen molar-refractivity contribution in [3.8, 4) is 0 Å². The Morgan fingerprint density at radius 1 is 1.29 bits per heavy atom. The highest BCUT2D eigenvalue weighted by molar-refractivity contribution is 9.10. The first-order valence-corrected chi connectivity index (χ1v) is 7.76. The minimum Gasteiger partial charge on any atom is -0.330 e. The van der Waals surface area contributed by atoms with E-state index in [0.717, 1.165) is 0 Å². The summed E-state index contributed by atoms with van der Waals surface area (Å²) in [5.41, 5.74) is 5.28. The maximum atomic E-state index is 11.9. The summed E-state index contributed by atoms with van der Waals surface area (Å²) in [6.45, 7) is 0.659. The fraction of sp³-hybridized carbons (Fsp3) is 0.333. The molecule has 0 aliphatic heterocycles. The summed E-state index contributed by atoms with van der Waals surface area (Å²) in [5, 5.41) is 0.147. The van der Waals surface area contributed by atoms with Gasteiger partial charge in [0.1, 0.15) is 4.90 Å². The molecule has 0 heterocycles. The lowest BCUT2D eigenvalue weighted by Gasteiger charge is -2.10. The molecule has 0 radical (unpaired) electrons. The number of sulfonamides is 1. The van der Waals surface area contributed by atoms with Crippen molar-refractivity contribution in [2.24, 2.45) is 5.73 Å². The average Bonchev–Trinajstić information content (AvgIpc) is 2.15. The quantitative estimate of drug-likeness (QED) is 0.791. The SMILES string of the molecule is NCCCNS(=O)(=O)c1c(Cl)cc(Br)cc1Cl. The largest absolute Gasteiger partial charge is 0.330 e. The lowest BCUT2D eigenvalue weighted by Crippen LogP contribution is -2.26. The molecular weight excluding hydrogens is 351 g/mol. The van der Waals surface area contributed by atoms with Gasteiger partial charge in [-0.2, -0.15) is 0 Å². The van der Waals surface area contributed by atoms with Gasteiger partial charge in [0.05, 0.1) is 10.0 Å². The van der Waals surface area contributed by atoms with Gasteiger partial charge in [-0.3, -0.25) is 0 Å². The number of nitrogens with two attached hydrogens (primary N) is 1. The number of rotatable bonds is 5. The molecule has 96 valence electrons. The summed E-state index contributed by atoms with van der Waals surface area (Å²) >= 11 is 14.9. The van der Waals surface area contributed by atoms with E-state index in [9.17, 15) is 8.42 Å². The van der Waals surface area contributed by atoms with Gasteiger partial charge in [0.2, 0.25) is 10.0 Å². The molecule has 1 rings (SSSR count). The zero-order chi connectivity index (χ0) is 13.1. The number of halogens is 3. The summed E-state index contributed by atoms with van der Waals surface area (Å²) in [7, 11) is -3.70. The predicted molar refractivity (Wildman–Crippen MR) is 73.0 cm³/mol. The van der Waals surface area contributed by atoms with Gasteiger partial charge in [-0.15, -0.1) is 0 Å². The second kappa shape index (κ2) is 6.36. The molecule has 0 aromatic heterocycles. The third kappa shape index (κ3) is 4.08. The number of benzene rings is 1. The molecule has 1 aromatic carbocycles. The molecule has 0 spiro atoms. The summed E-state index contributed by atoms with van der Waals surface area (Å²) in [4.78, 5) is -0.110. The zero-order valence-electron chi connectivity index (χ0n) is 8.71. The van der Waals surface area contributed by atoms with Gasteiger partial charge in [0.25, 0.3) is 0 Å². The molecule has 17 heavy (non-hydrogen) atoms. The van der Waals surface area contributed by atoms with Crippen molar-refractivity contribution >= 4 is 49.2 Å². The Labute approximate surface area is 119 Å². The number of hydrogen-bond donors (Lipinski definition) is 2. The van der Waals surface area contributed by atoms with Crippen LogP contribution < -0.4 is 10.5 Å². The molecule has 0 atom stereocenters. The van der Waals surface area contributed by atoms with Crippen LogP contribution in [-0.2, 0) is 10.0 Å². The van der Waals surface area contributed by atoms with Gasteiger partial charge in [0, 0.05) is 11.0 Å². The second-order valence-corrected chi connectivity index (χ2v) is 6.67. The van der Waals surface area contributed by atoms with Gasteiger partial charge >= 0.3 is 0 Å². The average molecular weight is 362 g/mol. The Balaban J connectivity index is 3.07. The molecule has 0 aliphatic rings. The first-order valence-electron chi connectivity index (χ1n) is 4.73. The molecule has 0 amide bonds. The molecular formula is C9H11BrCl2N2O2S. The van der Waals surface area contributed by atoms with Crippen LogP contribution in [0.3, 0.4) is 0 Å². The summed E-state index contributed by atoms with van der Waals surface area (Å²) in [6.07, 6.45) is 0.547. The van der Waals surface area contributed by atoms with Crippen LogP contribution in [0.4, 0.5) is 0 Å². The van der Waals surface area contributed by atoms with Crippen molar-refractivity contribution in [1.82, 2.24) is 4.72 Å². The fourth-order valence-corrected chi connectivity index (χ4v) is 4.17. The van der Waals surface area contributed by atoms with E-state index in [1.54, 1.807) is 0 Å². The Hall–Kier alpha value is 0.150. The van der Waals surface area contributed by atoms with Crippen LogP contribution in [0, 0.1) is 0 Å². The van der Waals surface area contributed by atoms with Gasteiger partial charge in [-0.25, -0.2) is 13.1 Å². The molecule has 3 N–H and O–H groups in total. The van der Waals surface area contributed by atoms with Gasteiger partial charge in [0.15, 0.2) is 0 Å². The summed E-state index contributed by atoms with van der Waals surface area (Å²) in [6, 6.07) is 2.95. The fourth-order valence-electron chi connectivity index (χ4n) is 1.17. The maximum absolute atomic E-state index is 11.9. The van der Waals surface area contributed by atoms with Crippen molar-refractivity contribution in [3.63, 3.8) is 0 Å². The second-order valence-electron chi connectivity index (χ2n) is 3.24. The highest BCUT2D eigenvalue weighted by atomic mass is 79.9. The van der Waals surface area contributed by atoms with E-state index in [1.165, 1.54) is 12.1 Å². The molecule has 4 nitrogen and oxygen atoms in total. The lowest BCUT2D eigenvalue weighted by molar-refractivity contribution is 0.579. The Bertz CT molecular complexity index is 485. The Morgan fingerprint density at radius 2 is 1.82 bits per heavy atom. The van der Waals surface area contributed by atoms with E-state index in [-0.39, 0.29) is 21.5 Å². The van der Waals surface area contributed by atoms with E-state index < -0.39 is 10.0 Å². The Kier molecular flexibility index (Phi) is 5.69. The summed E-state index contributed by atoms with van der Waals surface area (Å²) in [5.74, 6) is 0. The van der Waals surface area contributed by atoms with Crippen LogP contribution in [0.2, 0.25) is 10.0 Å². The normalized spacial score (nSPS) is 11.8.